The number of nitrogens with two attached hydrogens (primary N) is 1. The second kappa shape index (κ2) is 5.95. The molecule has 126 valence electrons. The van der Waals surface area contributed by atoms with Crippen molar-refractivity contribution in [3.8, 4) is 0 Å². The van der Waals surface area contributed by atoms with Gasteiger partial charge in [-0.25, -0.2) is 19.5 Å². The third-order valence-corrected chi connectivity index (χ3v) is 4.16. The minimum Gasteiger partial charge on any atom is -0.382 e. The zero-order valence-electron chi connectivity index (χ0n) is 11.4. The summed E-state index contributed by atoms with van der Waals surface area (Å²) in [4.78, 5) is 30.0. The molecule has 1 unspecified atom stereocenters. The second-order valence-electron chi connectivity index (χ2n) is 4.89. The Hall–Kier alpha value is -1.33. The Labute approximate surface area is 134 Å². The Morgan fingerprint density at radius 3 is 2.87 bits per heavy atom. The van der Waals surface area contributed by atoms with Gasteiger partial charge in [-0.05, 0) is 0 Å². The van der Waals surface area contributed by atoms with Crippen LogP contribution >= 0.6 is 19.4 Å². The van der Waals surface area contributed by atoms with E-state index in [-0.39, 0.29) is 12.2 Å². The second-order valence-corrected chi connectivity index (χ2v) is 6.53. The highest BCUT2D eigenvalue weighted by Crippen LogP contribution is 2.45. The first kappa shape index (κ1) is 16.5. The summed E-state index contributed by atoms with van der Waals surface area (Å²) in [6, 6.07) is 0. The lowest BCUT2D eigenvalue weighted by Crippen LogP contribution is -2.22. The Morgan fingerprint density at radius 2 is 2.22 bits per heavy atom. The molecule has 13 heteroatoms. The van der Waals surface area contributed by atoms with Gasteiger partial charge in [0.15, 0.2) is 23.3 Å². The molecule has 0 aliphatic carbocycles. The molecule has 3 rings (SSSR count). The van der Waals surface area contributed by atoms with E-state index in [0.717, 1.165) is 0 Å². The summed E-state index contributed by atoms with van der Waals surface area (Å²) < 4.78 is 22.8. The Morgan fingerprint density at radius 1 is 1.48 bits per heavy atom. The first-order valence-electron chi connectivity index (χ1n) is 6.41. The minimum absolute atomic E-state index is 0.0271. The number of phosphoric ester groups is 1. The number of halogens is 1. The maximum Gasteiger partial charge on any atom is 0.470 e. The van der Waals surface area contributed by atoms with E-state index in [9.17, 15) is 9.67 Å². The van der Waals surface area contributed by atoms with Gasteiger partial charge in [-0.2, -0.15) is 0 Å². The summed E-state index contributed by atoms with van der Waals surface area (Å²) in [5, 5.41) is 9.46. The predicted molar refractivity (Wildman–Crippen MR) is 77.0 cm³/mol. The largest absolute Gasteiger partial charge is 0.470 e. The Kier molecular flexibility index (Phi) is 4.27. The number of aliphatic hydroxyl groups excluding tert-OH is 1. The highest BCUT2D eigenvalue weighted by atomic mass is 35.5. The quantitative estimate of drug-likeness (QED) is 0.418. The van der Waals surface area contributed by atoms with Crippen molar-refractivity contribution in [1.82, 2.24) is 19.5 Å². The predicted octanol–water partition coefficient (Wildman–Crippen LogP) is -0.269. The van der Waals surface area contributed by atoms with E-state index in [1.807, 2.05) is 0 Å². The van der Waals surface area contributed by atoms with Crippen molar-refractivity contribution in [2.45, 2.75) is 30.4 Å². The molecule has 1 fully saturated rings. The van der Waals surface area contributed by atoms with Crippen molar-refractivity contribution in [2.75, 3.05) is 5.73 Å². The molecule has 0 spiro atoms. The molecule has 2 aromatic rings. The summed E-state index contributed by atoms with van der Waals surface area (Å²) in [6.07, 6.45) is -0.421. The molecule has 0 saturated carbocycles. The highest BCUT2D eigenvalue weighted by Gasteiger charge is 2.43. The molecule has 0 radical (unpaired) electrons. The molecule has 5 N–H and O–H groups in total. The summed E-state index contributed by atoms with van der Waals surface area (Å²) in [5.41, 5.74) is 4.94. The van der Waals surface area contributed by atoms with E-state index < -0.39 is 31.8 Å². The fraction of sp³-hybridized carbons (Fsp3) is 0.500. The summed E-state index contributed by atoms with van der Waals surface area (Å²) in [5.74, 6) is 0.146. The van der Waals surface area contributed by atoms with E-state index in [4.69, 9.17) is 36.4 Å². The lowest BCUT2D eigenvalue weighted by atomic mass is 10.2. The number of ether oxygens (including phenoxy) is 1. The summed E-state index contributed by atoms with van der Waals surface area (Å²) in [6.45, 7) is 0. The van der Waals surface area contributed by atoms with E-state index >= 15 is 0 Å². The fourth-order valence-corrected chi connectivity index (χ4v) is 3.12. The lowest BCUT2D eigenvalue weighted by Gasteiger charge is -2.20. The zero-order valence-corrected chi connectivity index (χ0v) is 13.1. The van der Waals surface area contributed by atoms with Gasteiger partial charge in [-0.1, -0.05) is 11.6 Å². The molecule has 1 saturated heterocycles. The number of nitrogens with zero attached hydrogens (tertiary/aromatic N) is 4. The van der Waals surface area contributed by atoms with Crippen molar-refractivity contribution in [1.29, 1.82) is 0 Å². The van der Waals surface area contributed by atoms with Gasteiger partial charge in [0.2, 0.25) is 0 Å². The van der Waals surface area contributed by atoms with Crippen molar-refractivity contribution >= 4 is 36.4 Å². The van der Waals surface area contributed by atoms with Crippen LogP contribution in [0.4, 0.5) is 5.82 Å². The molecular formula is C10H13ClN5O6P. The molecule has 3 heterocycles. The molecular weight excluding hydrogens is 353 g/mol. The van der Waals surface area contributed by atoms with Crippen LogP contribution in [-0.2, 0) is 13.8 Å². The molecule has 0 amide bonds. The van der Waals surface area contributed by atoms with Crippen LogP contribution in [0.3, 0.4) is 0 Å². The van der Waals surface area contributed by atoms with Gasteiger partial charge < -0.3 is 25.4 Å². The van der Waals surface area contributed by atoms with E-state index in [1.54, 1.807) is 0 Å². The average Bonchev–Trinajstić information content (AvgIpc) is 3.01. The van der Waals surface area contributed by atoms with Crippen LogP contribution in [0.2, 0.25) is 0 Å². The van der Waals surface area contributed by atoms with Crippen LogP contribution in [0, 0.1) is 0 Å². The highest BCUT2D eigenvalue weighted by molar-refractivity contribution is 7.46. The smallest absolute Gasteiger partial charge is 0.382 e. The molecule has 0 bridgehead atoms. The summed E-state index contributed by atoms with van der Waals surface area (Å²) in [7, 11) is -4.78. The number of aromatic nitrogens is 4. The van der Waals surface area contributed by atoms with Crippen LogP contribution in [-0.4, -0.2) is 52.2 Å². The number of fused-ring (bicyclic) bond motifs is 1. The van der Waals surface area contributed by atoms with Crippen LogP contribution in [0.1, 0.15) is 12.6 Å². The van der Waals surface area contributed by atoms with Gasteiger partial charge in [0.05, 0.1) is 6.33 Å². The number of nitrogen functional groups attached to an aromatic ring is 1. The van der Waals surface area contributed by atoms with Crippen LogP contribution in [0.15, 0.2) is 12.7 Å². The molecule has 1 aliphatic rings. The Bertz CT molecular complexity index is 765. The fourth-order valence-electron chi connectivity index (χ4n) is 2.42. The molecule has 1 aliphatic heterocycles. The first-order chi connectivity index (χ1) is 10.8. The monoisotopic (exact) mass is 365 g/mol. The third-order valence-electron chi connectivity index (χ3n) is 3.34. The maximum absolute atomic E-state index is 11.1. The third kappa shape index (κ3) is 3.31. The van der Waals surface area contributed by atoms with E-state index in [1.165, 1.54) is 17.2 Å². The number of phosphoric acid groups is 1. The molecule has 0 aromatic carbocycles. The summed E-state index contributed by atoms with van der Waals surface area (Å²) >= 11 is 5.60. The van der Waals surface area contributed by atoms with Crippen LogP contribution in [0.5, 0.6) is 0 Å². The van der Waals surface area contributed by atoms with Crippen LogP contribution in [0.25, 0.3) is 11.2 Å². The lowest BCUT2D eigenvalue weighted by molar-refractivity contribution is -0.0557. The zero-order chi connectivity index (χ0) is 16.8. The number of rotatable bonds is 4. The number of aliphatic hydroxyl groups is 1. The van der Waals surface area contributed by atoms with Crippen molar-refractivity contribution < 1.29 is 28.7 Å². The number of alkyl halides is 1. The molecule has 4 atom stereocenters. The van der Waals surface area contributed by atoms with Crippen LogP contribution < -0.4 is 5.73 Å². The van der Waals surface area contributed by atoms with E-state index in [2.05, 4.69) is 15.0 Å². The van der Waals surface area contributed by atoms with E-state index in [0.29, 0.717) is 11.2 Å². The normalized spacial score (nSPS) is 26.7. The average molecular weight is 366 g/mol. The molecule has 2 aromatic heterocycles. The van der Waals surface area contributed by atoms with Crippen molar-refractivity contribution in [3.05, 3.63) is 12.7 Å². The first-order valence-corrected chi connectivity index (χ1v) is 8.37. The number of anilines is 1. The Balaban J connectivity index is 1.99. The number of hydrogen-bond donors (Lipinski definition) is 4. The van der Waals surface area contributed by atoms with Crippen molar-refractivity contribution in [3.63, 3.8) is 0 Å². The topological polar surface area (TPSA) is 166 Å². The van der Waals surface area contributed by atoms with Gasteiger partial charge in [-0.15, -0.1) is 0 Å². The minimum atomic E-state index is -4.78. The number of hydrogen-bond acceptors (Lipinski definition) is 8. The van der Waals surface area contributed by atoms with Gasteiger partial charge >= 0.3 is 7.82 Å². The van der Waals surface area contributed by atoms with Gasteiger partial charge in [0.25, 0.3) is 0 Å². The van der Waals surface area contributed by atoms with Gasteiger partial charge in [-0.3, -0.25) is 9.09 Å². The van der Waals surface area contributed by atoms with Crippen molar-refractivity contribution in [2.24, 2.45) is 0 Å². The SMILES string of the molecule is Nc1ncnc2c1ncn2[C@@H]1O[C@H](C(O)Cl)C[C@H]1OP(=O)(O)O. The molecule has 23 heavy (non-hydrogen) atoms. The standard InChI is InChI=1S/C10H13ClN5O6P/c11-7(17)4-1-5(22-23(18,19)20)10(21-4)16-3-15-6-8(12)13-2-14-9(6)16/h2-5,7,10,17H,1H2,(H2,12,13,14)(H2,18,19,20)/t4-,5+,7?,10+/m0/s1. The molecule has 11 nitrogen and oxygen atoms in total. The van der Waals surface area contributed by atoms with Gasteiger partial charge in [0.1, 0.15) is 24.1 Å². The maximum atomic E-state index is 11.1. The number of imidazole rings is 1. The van der Waals surface area contributed by atoms with Gasteiger partial charge in [0, 0.05) is 6.42 Å².